The Morgan fingerprint density at radius 1 is 0.562 bits per heavy atom. The third-order valence-electron chi connectivity index (χ3n) is 2.24. The quantitative estimate of drug-likeness (QED) is 0.274. The highest BCUT2D eigenvalue weighted by molar-refractivity contribution is 4.43. The van der Waals surface area contributed by atoms with E-state index in [4.69, 9.17) is 4.89 Å². The zero-order valence-electron chi connectivity index (χ0n) is 10.7. The Morgan fingerprint density at radius 3 is 1.75 bits per heavy atom. The third-order valence-corrected chi connectivity index (χ3v) is 2.24. The van der Waals surface area contributed by atoms with Crippen LogP contribution in [0.4, 0.5) is 0 Å². The second kappa shape index (κ2) is 14.8. The monoisotopic (exact) mass is 234 g/mol. The van der Waals surface area contributed by atoms with Gasteiger partial charge in [-0.2, -0.15) is 0 Å². The first kappa shape index (κ1) is 15.8. The van der Waals surface area contributed by atoms with Crippen LogP contribution in [0.3, 0.4) is 0 Å². The Bertz CT molecular complexity index is 106. The first-order chi connectivity index (χ1) is 7.91. The highest BCUT2D eigenvalue weighted by Crippen LogP contribution is 2.06. The molecule has 0 saturated carbocycles. The van der Waals surface area contributed by atoms with Crippen molar-refractivity contribution in [3.8, 4) is 0 Å². The highest BCUT2D eigenvalue weighted by atomic mass is 17.7. The molecule has 4 nitrogen and oxygen atoms in total. The molecule has 0 aromatic rings. The number of hydrogen-bond donors (Lipinski definition) is 0. The maximum absolute atomic E-state index is 4.76. The van der Waals surface area contributed by atoms with E-state index in [0.29, 0.717) is 13.2 Å². The predicted octanol–water partition coefficient (Wildman–Crippen LogP) is 3.96. The SMILES string of the molecule is CCCCCCCCCOOOOCCC. The van der Waals surface area contributed by atoms with Crippen molar-refractivity contribution in [2.45, 2.75) is 65.2 Å². The predicted molar refractivity (Wildman–Crippen MR) is 62.4 cm³/mol. The molecule has 0 bridgehead atoms. The van der Waals surface area contributed by atoms with Gasteiger partial charge in [0.1, 0.15) is 0 Å². The van der Waals surface area contributed by atoms with Crippen LogP contribution in [0, 0.1) is 0 Å². The minimum atomic E-state index is 0.515. The first-order valence-electron chi connectivity index (χ1n) is 6.49. The molecule has 0 radical (unpaired) electrons. The van der Waals surface area contributed by atoms with Gasteiger partial charge in [0.25, 0.3) is 0 Å². The minimum Gasteiger partial charge on any atom is -0.204 e. The molecule has 98 valence electrons. The lowest BCUT2D eigenvalue weighted by molar-refractivity contribution is -0.634. The van der Waals surface area contributed by atoms with Crippen molar-refractivity contribution in [2.24, 2.45) is 0 Å². The van der Waals surface area contributed by atoms with Gasteiger partial charge in [0, 0.05) is 0 Å². The average Bonchev–Trinajstić information content (AvgIpc) is 2.31. The first-order valence-corrected chi connectivity index (χ1v) is 6.49. The van der Waals surface area contributed by atoms with Gasteiger partial charge in [-0.3, -0.25) is 0 Å². The molecule has 0 amide bonds. The van der Waals surface area contributed by atoms with Crippen molar-refractivity contribution < 1.29 is 19.9 Å². The van der Waals surface area contributed by atoms with Crippen molar-refractivity contribution in [1.29, 1.82) is 0 Å². The third kappa shape index (κ3) is 13.8. The van der Waals surface area contributed by atoms with E-state index in [1.807, 2.05) is 6.92 Å². The summed E-state index contributed by atoms with van der Waals surface area (Å²) in [5, 5.41) is 8.67. The van der Waals surface area contributed by atoms with Crippen molar-refractivity contribution in [2.75, 3.05) is 13.2 Å². The van der Waals surface area contributed by atoms with Crippen molar-refractivity contribution in [1.82, 2.24) is 0 Å². The Hall–Kier alpha value is -0.160. The summed E-state index contributed by atoms with van der Waals surface area (Å²) in [5.41, 5.74) is 0. The molecule has 0 aromatic carbocycles. The van der Waals surface area contributed by atoms with Crippen LogP contribution >= 0.6 is 0 Å². The summed E-state index contributed by atoms with van der Waals surface area (Å²) in [6, 6.07) is 0. The molecule has 4 heteroatoms. The van der Waals surface area contributed by atoms with Crippen LogP contribution in [0.5, 0.6) is 0 Å². The Morgan fingerprint density at radius 2 is 1.12 bits per heavy atom. The summed E-state index contributed by atoms with van der Waals surface area (Å²) in [4.78, 5) is 9.37. The molecule has 0 heterocycles. The summed E-state index contributed by atoms with van der Waals surface area (Å²) < 4.78 is 0. The Kier molecular flexibility index (Phi) is 14.7. The van der Waals surface area contributed by atoms with Crippen LogP contribution in [0.25, 0.3) is 0 Å². The lowest BCUT2D eigenvalue weighted by Gasteiger charge is -2.02. The molecule has 0 aromatic heterocycles. The summed E-state index contributed by atoms with van der Waals surface area (Å²) in [7, 11) is 0. The van der Waals surface area contributed by atoms with Crippen LogP contribution < -0.4 is 0 Å². The lowest BCUT2D eigenvalue weighted by Crippen LogP contribution is -2.00. The van der Waals surface area contributed by atoms with Gasteiger partial charge in [0.2, 0.25) is 0 Å². The van der Waals surface area contributed by atoms with Crippen LogP contribution in [0.1, 0.15) is 65.2 Å². The molecule has 16 heavy (non-hydrogen) atoms. The van der Waals surface area contributed by atoms with Crippen LogP contribution in [-0.4, -0.2) is 13.2 Å². The average molecular weight is 234 g/mol. The fourth-order valence-corrected chi connectivity index (χ4v) is 1.31. The summed E-state index contributed by atoms with van der Waals surface area (Å²) >= 11 is 0. The van der Waals surface area contributed by atoms with Gasteiger partial charge >= 0.3 is 0 Å². The van der Waals surface area contributed by atoms with Crippen molar-refractivity contribution >= 4 is 0 Å². The smallest absolute Gasteiger partial charge is 0.0854 e. The van der Waals surface area contributed by atoms with E-state index < -0.39 is 0 Å². The topological polar surface area (TPSA) is 36.9 Å². The standard InChI is InChI=1S/C12H26O4/c1-3-5-6-7-8-9-10-12-14-16-15-13-11-4-2/h3-12H2,1-2H3. The highest BCUT2D eigenvalue weighted by Gasteiger charge is 1.93. The van der Waals surface area contributed by atoms with Crippen LogP contribution in [-0.2, 0) is 19.9 Å². The van der Waals surface area contributed by atoms with E-state index in [1.165, 1.54) is 38.5 Å². The van der Waals surface area contributed by atoms with Crippen molar-refractivity contribution in [3.63, 3.8) is 0 Å². The van der Waals surface area contributed by atoms with Gasteiger partial charge in [-0.15, -0.1) is 0 Å². The molecule has 0 N–H and O–H groups in total. The molecule has 0 aliphatic rings. The van der Waals surface area contributed by atoms with Gasteiger partial charge in [-0.05, 0) is 22.9 Å². The van der Waals surface area contributed by atoms with E-state index >= 15 is 0 Å². The largest absolute Gasteiger partial charge is 0.204 e. The van der Waals surface area contributed by atoms with Crippen LogP contribution in [0.2, 0.25) is 0 Å². The van der Waals surface area contributed by atoms with E-state index in [2.05, 4.69) is 21.9 Å². The summed E-state index contributed by atoms with van der Waals surface area (Å²) in [5.74, 6) is 0. The van der Waals surface area contributed by atoms with E-state index in [9.17, 15) is 0 Å². The summed E-state index contributed by atoms with van der Waals surface area (Å²) in [6.07, 6.45) is 9.67. The molecule has 0 aliphatic carbocycles. The van der Waals surface area contributed by atoms with Gasteiger partial charge in [0.15, 0.2) is 0 Å². The fraction of sp³-hybridized carbons (Fsp3) is 1.00. The zero-order valence-corrected chi connectivity index (χ0v) is 10.7. The number of hydrogen-bond acceptors (Lipinski definition) is 4. The molecule has 0 rings (SSSR count). The number of unbranched alkanes of at least 4 members (excludes halogenated alkanes) is 6. The summed E-state index contributed by atoms with van der Waals surface area (Å²) in [6.45, 7) is 5.29. The molecule has 0 fully saturated rings. The van der Waals surface area contributed by atoms with Gasteiger partial charge in [0.05, 0.1) is 13.2 Å². The Balaban J connectivity index is 2.83. The van der Waals surface area contributed by atoms with E-state index in [-0.39, 0.29) is 0 Å². The second-order valence-corrected chi connectivity index (χ2v) is 3.90. The van der Waals surface area contributed by atoms with Gasteiger partial charge < -0.3 is 0 Å². The molecule has 0 saturated heterocycles. The molecule has 0 spiro atoms. The number of rotatable bonds is 13. The minimum absolute atomic E-state index is 0.515. The molecule has 0 atom stereocenters. The zero-order chi connectivity index (χ0) is 11.9. The van der Waals surface area contributed by atoms with Crippen LogP contribution in [0.15, 0.2) is 0 Å². The molecule has 0 aliphatic heterocycles. The molecule has 0 unspecified atom stereocenters. The molecular weight excluding hydrogens is 208 g/mol. The van der Waals surface area contributed by atoms with Gasteiger partial charge in [-0.1, -0.05) is 52.4 Å². The molecular formula is C12H26O4. The Labute approximate surface area is 99.0 Å². The fourth-order valence-electron chi connectivity index (χ4n) is 1.31. The maximum atomic E-state index is 4.76. The van der Waals surface area contributed by atoms with E-state index in [0.717, 1.165) is 12.8 Å². The maximum Gasteiger partial charge on any atom is 0.0854 e. The second-order valence-electron chi connectivity index (χ2n) is 3.90. The van der Waals surface area contributed by atoms with E-state index in [1.54, 1.807) is 0 Å². The lowest BCUT2D eigenvalue weighted by atomic mass is 10.1. The van der Waals surface area contributed by atoms with Gasteiger partial charge in [-0.25, -0.2) is 9.78 Å². The normalized spacial score (nSPS) is 10.9. The van der Waals surface area contributed by atoms with Crippen molar-refractivity contribution in [3.05, 3.63) is 0 Å².